The van der Waals surface area contributed by atoms with Gasteiger partial charge in [-0.3, -0.25) is 4.79 Å². The molecule has 0 aromatic heterocycles. The summed E-state index contributed by atoms with van der Waals surface area (Å²) in [7, 11) is 5.25. The highest BCUT2D eigenvalue weighted by Crippen LogP contribution is 2.33. The summed E-state index contributed by atoms with van der Waals surface area (Å²) in [6.07, 6.45) is 6.58. The van der Waals surface area contributed by atoms with Crippen LogP contribution in [-0.2, 0) is 4.79 Å². The van der Waals surface area contributed by atoms with Gasteiger partial charge in [0.2, 0.25) is 5.91 Å². The Labute approximate surface area is 139 Å². The van der Waals surface area contributed by atoms with Crippen LogP contribution in [0.25, 0.3) is 0 Å². The SMILES string of the molecule is COc1ccc(C(C)CC(=O)N(C)C2CCCCC2)c(OC)c1. The average molecular weight is 319 g/mol. The number of ether oxygens (including phenoxy) is 2. The van der Waals surface area contributed by atoms with E-state index in [0.29, 0.717) is 12.5 Å². The third-order valence-electron chi connectivity index (χ3n) is 4.97. The molecule has 1 aromatic carbocycles. The second kappa shape index (κ2) is 8.23. The zero-order chi connectivity index (χ0) is 16.8. The van der Waals surface area contributed by atoms with Gasteiger partial charge in [-0.2, -0.15) is 0 Å². The number of carbonyl (C=O) groups excluding carboxylic acids is 1. The monoisotopic (exact) mass is 319 g/mol. The van der Waals surface area contributed by atoms with Crippen molar-refractivity contribution in [3.05, 3.63) is 23.8 Å². The summed E-state index contributed by atoms with van der Waals surface area (Å²) in [6, 6.07) is 6.21. The molecule has 1 aromatic rings. The molecule has 0 saturated heterocycles. The number of rotatable bonds is 6. The molecule has 1 unspecified atom stereocenters. The molecule has 1 aliphatic rings. The molecule has 1 amide bonds. The minimum absolute atomic E-state index is 0.120. The van der Waals surface area contributed by atoms with Crippen LogP contribution < -0.4 is 9.47 Å². The lowest BCUT2D eigenvalue weighted by atomic mass is 9.92. The van der Waals surface area contributed by atoms with E-state index in [1.165, 1.54) is 19.3 Å². The first-order valence-electron chi connectivity index (χ1n) is 8.54. The molecule has 0 radical (unpaired) electrons. The third-order valence-corrected chi connectivity index (χ3v) is 4.97. The molecule has 0 aliphatic heterocycles. The summed E-state index contributed by atoms with van der Waals surface area (Å²) in [4.78, 5) is 14.6. The van der Waals surface area contributed by atoms with Gasteiger partial charge in [-0.25, -0.2) is 0 Å². The fourth-order valence-electron chi connectivity index (χ4n) is 3.41. The van der Waals surface area contributed by atoms with Crippen LogP contribution in [0.3, 0.4) is 0 Å². The van der Waals surface area contributed by atoms with Crippen LogP contribution in [0.4, 0.5) is 0 Å². The molecule has 0 heterocycles. The van der Waals surface area contributed by atoms with Crippen LogP contribution in [0.2, 0.25) is 0 Å². The molecule has 2 rings (SSSR count). The highest BCUT2D eigenvalue weighted by atomic mass is 16.5. The second-order valence-corrected chi connectivity index (χ2v) is 6.51. The Balaban J connectivity index is 2.02. The quantitative estimate of drug-likeness (QED) is 0.796. The van der Waals surface area contributed by atoms with Crippen molar-refractivity contribution in [2.24, 2.45) is 0 Å². The van der Waals surface area contributed by atoms with Gasteiger partial charge in [-0.05, 0) is 30.4 Å². The van der Waals surface area contributed by atoms with Crippen LogP contribution in [0.1, 0.15) is 56.9 Å². The van der Waals surface area contributed by atoms with Crippen LogP contribution in [0.15, 0.2) is 18.2 Å². The summed E-state index contributed by atoms with van der Waals surface area (Å²) >= 11 is 0. The summed E-state index contributed by atoms with van der Waals surface area (Å²) < 4.78 is 10.7. The highest BCUT2D eigenvalue weighted by molar-refractivity contribution is 5.77. The van der Waals surface area contributed by atoms with Crippen molar-refractivity contribution in [1.82, 2.24) is 4.90 Å². The first-order valence-corrected chi connectivity index (χ1v) is 8.54. The molecule has 1 fully saturated rings. The van der Waals surface area contributed by atoms with E-state index in [9.17, 15) is 4.79 Å². The maximum atomic E-state index is 12.6. The van der Waals surface area contributed by atoms with E-state index < -0.39 is 0 Å². The topological polar surface area (TPSA) is 38.8 Å². The fourth-order valence-corrected chi connectivity index (χ4v) is 3.41. The van der Waals surface area contributed by atoms with Crippen LogP contribution >= 0.6 is 0 Å². The normalized spacial score (nSPS) is 16.7. The van der Waals surface area contributed by atoms with Gasteiger partial charge >= 0.3 is 0 Å². The van der Waals surface area contributed by atoms with Gasteiger partial charge < -0.3 is 14.4 Å². The Bertz CT molecular complexity index is 523. The molecule has 0 spiro atoms. The van der Waals surface area contributed by atoms with Crippen molar-refractivity contribution in [2.75, 3.05) is 21.3 Å². The summed E-state index contributed by atoms with van der Waals surface area (Å²) in [6.45, 7) is 2.08. The van der Waals surface area contributed by atoms with Crippen molar-refractivity contribution in [3.8, 4) is 11.5 Å². The van der Waals surface area contributed by atoms with Crippen LogP contribution in [0, 0.1) is 0 Å². The predicted molar refractivity (Wildman–Crippen MR) is 92.2 cm³/mol. The zero-order valence-corrected chi connectivity index (χ0v) is 14.8. The lowest BCUT2D eigenvalue weighted by Gasteiger charge is -2.32. The van der Waals surface area contributed by atoms with Crippen molar-refractivity contribution in [1.29, 1.82) is 0 Å². The Morgan fingerprint density at radius 3 is 2.52 bits per heavy atom. The Kier molecular flexibility index (Phi) is 6.31. The molecule has 1 atom stereocenters. The van der Waals surface area contributed by atoms with Crippen molar-refractivity contribution in [2.45, 2.75) is 57.4 Å². The molecule has 23 heavy (non-hydrogen) atoms. The second-order valence-electron chi connectivity index (χ2n) is 6.51. The molecule has 1 saturated carbocycles. The first-order chi connectivity index (χ1) is 11.1. The summed E-state index contributed by atoms with van der Waals surface area (Å²) in [5.41, 5.74) is 1.05. The molecule has 1 aliphatic carbocycles. The highest BCUT2D eigenvalue weighted by Gasteiger charge is 2.24. The fraction of sp³-hybridized carbons (Fsp3) is 0.632. The van der Waals surface area contributed by atoms with Gasteiger partial charge in [0, 0.05) is 25.6 Å². The molecule has 128 valence electrons. The molecule has 4 heteroatoms. The van der Waals surface area contributed by atoms with E-state index in [-0.39, 0.29) is 11.8 Å². The van der Waals surface area contributed by atoms with E-state index in [4.69, 9.17) is 9.47 Å². The van der Waals surface area contributed by atoms with Crippen molar-refractivity contribution < 1.29 is 14.3 Å². The van der Waals surface area contributed by atoms with Gasteiger partial charge in [-0.1, -0.05) is 32.3 Å². The number of hydrogen-bond acceptors (Lipinski definition) is 3. The number of hydrogen-bond donors (Lipinski definition) is 0. The van der Waals surface area contributed by atoms with Crippen LogP contribution in [-0.4, -0.2) is 38.1 Å². The number of nitrogens with zero attached hydrogens (tertiary/aromatic N) is 1. The summed E-state index contributed by atoms with van der Waals surface area (Å²) in [5, 5.41) is 0. The van der Waals surface area contributed by atoms with Gasteiger partial charge in [0.15, 0.2) is 0 Å². The van der Waals surface area contributed by atoms with E-state index >= 15 is 0 Å². The predicted octanol–water partition coefficient (Wildman–Crippen LogP) is 3.99. The first kappa shape index (κ1) is 17.6. The number of amides is 1. The smallest absolute Gasteiger partial charge is 0.223 e. The lowest BCUT2D eigenvalue weighted by Crippen LogP contribution is -2.38. The van der Waals surface area contributed by atoms with Gasteiger partial charge in [0.25, 0.3) is 0 Å². The van der Waals surface area contributed by atoms with Gasteiger partial charge in [0.05, 0.1) is 14.2 Å². The molecular formula is C19H29NO3. The Morgan fingerprint density at radius 2 is 1.91 bits per heavy atom. The minimum Gasteiger partial charge on any atom is -0.497 e. The largest absolute Gasteiger partial charge is 0.497 e. The van der Waals surface area contributed by atoms with Gasteiger partial charge in [0.1, 0.15) is 11.5 Å². The van der Waals surface area contributed by atoms with Crippen molar-refractivity contribution in [3.63, 3.8) is 0 Å². The van der Waals surface area contributed by atoms with Crippen LogP contribution in [0.5, 0.6) is 11.5 Å². The average Bonchev–Trinajstić information content (AvgIpc) is 2.60. The van der Waals surface area contributed by atoms with Crippen molar-refractivity contribution >= 4 is 5.91 Å². The van der Waals surface area contributed by atoms with Gasteiger partial charge in [-0.15, -0.1) is 0 Å². The maximum absolute atomic E-state index is 12.6. The molecule has 4 nitrogen and oxygen atoms in total. The number of benzene rings is 1. The molecule has 0 N–H and O–H groups in total. The number of methoxy groups -OCH3 is 2. The van der Waals surface area contributed by atoms with E-state index in [1.54, 1.807) is 14.2 Å². The third kappa shape index (κ3) is 4.40. The zero-order valence-electron chi connectivity index (χ0n) is 14.8. The maximum Gasteiger partial charge on any atom is 0.223 e. The Morgan fingerprint density at radius 1 is 1.22 bits per heavy atom. The number of carbonyl (C=O) groups is 1. The van der Waals surface area contributed by atoms with E-state index in [1.807, 2.05) is 30.1 Å². The van der Waals surface area contributed by atoms with E-state index in [2.05, 4.69) is 6.92 Å². The molecular weight excluding hydrogens is 290 g/mol. The minimum atomic E-state index is 0.120. The standard InChI is InChI=1S/C19H29NO3/c1-14(17-11-10-16(22-3)13-18(17)23-4)12-19(21)20(2)15-8-6-5-7-9-15/h10-11,13-15H,5-9,12H2,1-4H3. The summed E-state index contributed by atoms with van der Waals surface area (Å²) in [5.74, 6) is 1.89. The molecule has 0 bridgehead atoms. The van der Waals surface area contributed by atoms with E-state index in [0.717, 1.165) is 29.9 Å². The lowest BCUT2D eigenvalue weighted by molar-refractivity contribution is -0.132. The Hall–Kier alpha value is -1.71.